The summed E-state index contributed by atoms with van der Waals surface area (Å²) < 4.78 is 2.03. The fourth-order valence-corrected chi connectivity index (χ4v) is 3.21. The molecule has 1 saturated carbocycles. The standard InChI is InChI=1S/C15H27N3O/c1-2-18-14(8-10-17-18)12-16-15(9-11-19)13-6-4-3-5-7-13/h8,10,13,15-16,19H,2-7,9,11-12H2,1H3. The van der Waals surface area contributed by atoms with Crippen LogP contribution in [0, 0.1) is 5.92 Å². The summed E-state index contributed by atoms with van der Waals surface area (Å²) in [6, 6.07) is 2.53. The highest BCUT2D eigenvalue weighted by molar-refractivity contribution is 5.00. The molecule has 1 aromatic rings. The lowest BCUT2D eigenvalue weighted by molar-refractivity contribution is 0.205. The minimum Gasteiger partial charge on any atom is -0.396 e. The molecule has 0 spiro atoms. The van der Waals surface area contributed by atoms with Crippen LogP contribution < -0.4 is 5.32 Å². The Morgan fingerprint density at radius 1 is 1.42 bits per heavy atom. The molecule has 1 fully saturated rings. The summed E-state index contributed by atoms with van der Waals surface area (Å²) in [5, 5.41) is 17.2. The van der Waals surface area contributed by atoms with Gasteiger partial charge in [-0.2, -0.15) is 5.10 Å². The molecule has 1 aliphatic carbocycles. The monoisotopic (exact) mass is 265 g/mol. The fourth-order valence-electron chi connectivity index (χ4n) is 3.21. The molecule has 2 rings (SSSR count). The van der Waals surface area contributed by atoms with Gasteiger partial charge in [0.25, 0.3) is 0 Å². The smallest absolute Gasteiger partial charge is 0.0522 e. The van der Waals surface area contributed by atoms with Crippen LogP contribution in [0.15, 0.2) is 12.3 Å². The number of nitrogens with one attached hydrogen (secondary N) is 1. The summed E-state index contributed by atoms with van der Waals surface area (Å²) in [7, 11) is 0. The first kappa shape index (κ1) is 14.5. The molecule has 108 valence electrons. The number of aryl methyl sites for hydroxylation is 1. The number of hydrogen-bond acceptors (Lipinski definition) is 3. The lowest BCUT2D eigenvalue weighted by Crippen LogP contribution is -2.38. The van der Waals surface area contributed by atoms with Gasteiger partial charge in [0.05, 0.1) is 5.69 Å². The molecule has 0 bridgehead atoms. The average molecular weight is 265 g/mol. The van der Waals surface area contributed by atoms with Crippen molar-refractivity contribution < 1.29 is 5.11 Å². The molecule has 0 amide bonds. The van der Waals surface area contributed by atoms with Gasteiger partial charge >= 0.3 is 0 Å². The topological polar surface area (TPSA) is 50.1 Å². The Hall–Kier alpha value is -0.870. The zero-order chi connectivity index (χ0) is 13.5. The highest BCUT2D eigenvalue weighted by Gasteiger charge is 2.23. The molecular formula is C15H27N3O. The van der Waals surface area contributed by atoms with E-state index in [2.05, 4.69) is 23.4 Å². The van der Waals surface area contributed by atoms with Crippen molar-refractivity contribution in [1.82, 2.24) is 15.1 Å². The van der Waals surface area contributed by atoms with Crippen molar-refractivity contribution >= 4 is 0 Å². The molecular weight excluding hydrogens is 238 g/mol. The van der Waals surface area contributed by atoms with Crippen LogP contribution in [0.2, 0.25) is 0 Å². The summed E-state index contributed by atoms with van der Waals surface area (Å²) in [4.78, 5) is 0. The molecule has 4 nitrogen and oxygen atoms in total. The van der Waals surface area contributed by atoms with Crippen LogP contribution in [-0.4, -0.2) is 27.5 Å². The zero-order valence-corrected chi connectivity index (χ0v) is 12.0. The van der Waals surface area contributed by atoms with Crippen molar-refractivity contribution in [2.24, 2.45) is 5.92 Å². The predicted molar refractivity (Wildman–Crippen MR) is 76.8 cm³/mol. The quantitative estimate of drug-likeness (QED) is 0.795. The second-order valence-corrected chi connectivity index (χ2v) is 5.54. The van der Waals surface area contributed by atoms with E-state index in [1.807, 2.05) is 10.9 Å². The largest absolute Gasteiger partial charge is 0.396 e. The zero-order valence-electron chi connectivity index (χ0n) is 12.0. The van der Waals surface area contributed by atoms with E-state index in [1.54, 1.807) is 0 Å². The minimum absolute atomic E-state index is 0.279. The van der Waals surface area contributed by atoms with Gasteiger partial charge in [0.1, 0.15) is 0 Å². The Balaban J connectivity index is 1.89. The first-order chi connectivity index (χ1) is 9.35. The Morgan fingerprint density at radius 3 is 2.89 bits per heavy atom. The van der Waals surface area contributed by atoms with Gasteiger partial charge in [-0.05, 0) is 38.2 Å². The lowest BCUT2D eigenvalue weighted by atomic mass is 9.82. The van der Waals surface area contributed by atoms with Gasteiger partial charge in [-0.1, -0.05) is 19.3 Å². The molecule has 0 aliphatic heterocycles. The van der Waals surface area contributed by atoms with Crippen molar-refractivity contribution in [1.29, 1.82) is 0 Å². The van der Waals surface area contributed by atoms with E-state index in [0.717, 1.165) is 25.4 Å². The van der Waals surface area contributed by atoms with Crippen molar-refractivity contribution in [3.05, 3.63) is 18.0 Å². The lowest BCUT2D eigenvalue weighted by Gasteiger charge is -2.30. The van der Waals surface area contributed by atoms with E-state index in [9.17, 15) is 5.11 Å². The van der Waals surface area contributed by atoms with Crippen molar-refractivity contribution in [3.63, 3.8) is 0 Å². The van der Waals surface area contributed by atoms with Gasteiger partial charge in [-0.25, -0.2) is 0 Å². The summed E-state index contributed by atoms with van der Waals surface area (Å²) >= 11 is 0. The maximum atomic E-state index is 9.27. The molecule has 2 N–H and O–H groups in total. The van der Waals surface area contributed by atoms with Crippen LogP contribution in [0.1, 0.15) is 51.1 Å². The highest BCUT2D eigenvalue weighted by Crippen LogP contribution is 2.27. The maximum Gasteiger partial charge on any atom is 0.0522 e. The van der Waals surface area contributed by atoms with Gasteiger partial charge in [0.2, 0.25) is 0 Å². The van der Waals surface area contributed by atoms with Gasteiger partial charge in [0.15, 0.2) is 0 Å². The number of rotatable bonds is 7. The van der Waals surface area contributed by atoms with Crippen LogP contribution in [0.25, 0.3) is 0 Å². The molecule has 0 aromatic carbocycles. The second-order valence-electron chi connectivity index (χ2n) is 5.54. The van der Waals surface area contributed by atoms with Crippen LogP contribution in [0.4, 0.5) is 0 Å². The Morgan fingerprint density at radius 2 is 2.21 bits per heavy atom. The molecule has 0 radical (unpaired) electrons. The van der Waals surface area contributed by atoms with E-state index in [-0.39, 0.29) is 6.61 Å². The third kappa shape index (κ3) is 4.05. The van der Waals surface area contributed by atoms with Crippen molar-refractivity contribution in [2.75, 3.05) is 6.61 Å². The molecule has 1 aromatic heterocycles. The molecule has 1 atom stereocenters. The number of aliphatic hydroxyl groups excluding tert-OH is 1. The van der Waals surface area contributed by atoms with Crippen molar-refractivity contribution in [3.8, 4) is 0 Å². The van der Waals surface area contributed by atoms with Gasteiger partial charge in [0, 0.05) is 31.9 Å². The fraction of sp³-hybridized carbons (Fsp3) is 0.800. The van der Waals surface area contributed by atoms with E-state index in [0.29, 0.717) is 6.04 Å². The highest BCUT2D eigenvalue weighted by atomic mass is 16.3. The van der Waals surface area contributed by atoms with Gasteiger partial charge in [-0.15, -0.1) is 0 Å². The summed E-state index contributed by atoms with van der Waals surface area (Å²) in [6.45, 7) is 4.16. The molecule has 4 heteroatoms. The van der Waals surface area contributed by atoms with E-state index in [1.165, 1.54) is 37.8 Å². The van der Waals surface area contributed by atoms with Gasteiger partial charge < -0.3 is 10.4 Å². The summed E-state index contributed by atoms with van der Waals surface area (Å²) in [5.41, 5.74) is 1.24. The Bertz CT molecular complexity index is 358. The summed E-state index contributed by atoms with van der Waals surface area (Å²) in [6.07, 6.45) is 9.43. The number of aliphatic hydroxyl groups is 1. The Kier molecular flexibility index (Phi) is 5.86. The number of hydrogen-bond donors (Lipinski definition) is 2. The van der Waals surface area contributed by atoms with E-state index < -0.39 is 0 Å². The minimum atomic E-state index is 0.279. The first-order valence-corrected chi connectivity index (χ1v) is 7.70. The predicted octanol–water partition coefficient (Wildman–Crippen LogP) is 2.32. The summed E-state index contributed by atoms with van der Waals surface area (Å²) in [5.74, 6) is 0.735. The average Bonchev–Trinajstić information content (AvgIpc) is 2.92. The second kappa shape index (κ2) is 7.65. The molecule has 19 heavy (non-hydrogen) atoms. The SMILES string of the molecule is CCn1nccc1CNC(CCO)C1CCCCC1. The Labute approximate surface area is 116 Å². The van der Waals surface area contributed by atoms with Crippen LogP contribution in [0.3, 0.4) is 0 Å². The van der Waals surface area contributed by atoms with Crippen LogP contribution in [0.5, 0.6) is 0 Å². The van der Waals surface area contributed by atoms with Crippen molar-refractivity contribution in [2.45, 2.75) is 64.6 Å². The molecule has 1 unspecified atom stereocenters. The van der Waals surface area contributed by atoms with E-state index >= 15 is 0 Å². The van der Waals surface area contributed by atoms with Crippen LogP contribution in [-0.2, 0) is 13.1 Å². The number of aromatic nitrogens is 2. The molecule has 1 heterocycles. The molecule has 1 aliphatic rings. The third-order valence-corrected chi connectivity index (χ3v) is 4.31. The van der Waals surface area contributed by atoms with E-state index in [4.69, 9.17) is 0 Å². The molecule has 0 saturated heterocycles. The maximum absolute atomic E-state index is 9.27. The number of nitrogens with zero attached hydrogens (tertiary/aromatic N) is 2. The van der Waals surface area contributed by atoms with Crippen LogP contribution >= 0.6 is 0 Å². The normalized spacial score (nSPS) is 18.6. The third-order valence-electron chi connectivity index (χ3n) is 4.31. The van der Waals surface area contributed by atoms with Gasteiger partial charge in [-0.3, -0.25) is 4.68 Å². The first-order valence-electron chi connectivity index (χ1n) is 7.70.